The van der Waals surface area contributed by atoms with Crippen LogP contribution in [0.2, 0.25) is 0 Å². The van der Waals surface area contributed by atoms with Crippen molar-refractivity contribution in [3.63, 3.8) is 0 Å². The van der Waals surface area contributed by atoms with Gasteiger partial charge in [-0.1, -0.05) is 38.1 Å². The number of rotatable bonds is 2. The van der Waals surface area contributed by atoms with Gasteiger partial charge in [-0.15, -0.1) is 0 Å². The Bertz CT molecular complexity index is 768. The lowest BCUT2D eigenvalue weighted by atomic mass is 9.71. The molecule has 3 nitrogen and oxygen atoms in total. The lowest BCUT2D eigenvalue weighted by molar-refractivity contribution is -0.113. The van der Waals surface area contributed by atoms with Crippen LogP contribution in [0, 0.1) is 5.41 Å². The molecule has 1 saturated carbocycles. The minimum atomic E-state index is -0.000580. The number of carbonyl (C=O) groups excluding carboxylic acids is 1. The summed E-state index contributed by atoms with van der Waals surface area (Å²) in [5.41, 5.74) is 3.38. The molecule has 0 unspecified atom stereocenters. The molecule has 25 heavy (non-hydrogen) atoms. The molecule has 0 aliphatic heterocycles. The van der Waals surface area contributed by atoms with Crippen LogP contribution in [0.3, 0.4) is 0 Å². The standard InChI is InChI=1S/C22H22O3/c1-22(2)13-17(11-15-3-7-19(23)8-4-15)21(25)18(14-22)12-16-5-9-20(24)10-6-16/h3-12,23-24H,13-14H2,1-2H3/b17-11-,18-12+. The summed E-state index contributed by atoms with van der Waals surface area (Å²) >= 11 is 0. The van der Waals surface area contributed by atoms with Crippen LogP contribution in [0.4, 0.5) is 0 Å². The Labute approximate surface area is 148 Å². The number of allylic oxidation sites excluding steroid dienone is 2. The van der Waals surface area contributed by atoms with Gasteiger partial charge in [-0.3, -0.25) is 4.79 Å². The Morgan fingerprint density at radius 2 is 1.12 bits per heavy atom. The zero-order chi connectivity index (χ0) is 18.0. The van der Waals surface area contributed by atoms with Crippen LogP contribution in [-0.4, -0.2) is 16.0 Å². The van der Waals surface area contributed by atoms with Crippen molar-refractivity contribution >= 4 is 17.9 Å². The van der Waals surface area contributed by atoms with Crippen molar-refractivity contribution < 1.29 is 15.0 Å². The van der Waals surface area contributed by atoms with Gasteiger partial charge in [-0.25, -0.2) is 0 Å². The third-order valence-corrected chi connectivity index (χ3v) is 4.39. The van der Waals surface area contributed by atoms with Gasteiger partial charge in [0.2, 0.25) is 0 Å². The highest BCUT2D eigenvalue weighted by atomic mass is 16.3. The molecule has 1 aliphatic rings. The lowest BCUT2D eigenvalue weighted by Crippen LogP contribution is -2.25. The first kappa shape index (κ1) is 17.0. The van der Waals surface area contributed by atoms with E-state index in [9.17, 15) is 15.0 Å². The van der Waals surface area contributed by atoms with E-state index in [0.717, 1.165) is 35.1 Å². The van der Waals surface area contributed by atoms with Gasteiger partial charge in [-0.2, -0.15) is 0 Å². The predicted molar refractivity (Wildman–Crippen MR) is 100 cm³/mol. The van der Waals surface area contributed by atoms with Crippen LogP contribution >= 0.6 is 0 Å². The number of benzene rings is 2. The number of ketones is 1. The molecule has 0 aromatic heterocycles. The molecule has 128 valence electrons. The highest BCUT2D eigenvalue weighted by Gasteiger charge is 2.32. The maximum absolute atomic E-state index is 12.9. The van der Waals surface area contributed by atoms with Crippen LogP contribution in [0.5, 0.6) is 11.5 Å². The molecule has 0 saturated heterocycles. The van der Waals surface area contributed by atoms with Crippen LogP contribution < -0.4 is 0 Å². The molecule has 0 radical (unpaired) electrons. The van der Waals surface area contributed by atoms with E-state index in [-0.39, 0.29) is 22.7 Å². The van der Waals surface area contributed by atoms with Gasteiger partial charge < -0.3 is 10.2 Å². The summed E-state index contributed by atoms with van der Waals surface area (Å²) < 4.78 is 0. The maximum Gasteiger partial charge on any atom is 0.185 e. The molecule has 0 heterocycles. The Hall–Kier alpha value is -2.81. The SMILES string of the molecule is CC1(C)C/C(=C/c2ccc(O)cc2)C(=O)/C(=C/c2ccc(O)cc2)C1. The van der Waals surface area contributed by atoms with Gasteiger partial charge in [0.15, 0.2) is 5.78 Å². The Kier molecular flexibility index (Phi) is 4.49. The summed E-state index contributed by atoms with van der Waals surface area (Å²) in [6.07, 6.45) is 5.26. The van der Waals surface area contributed by atoms with Crippen molar-refractivity contribution in [2.75, 3.05) is 0 Å². The van der Waals surface area contributed by atoms with Gasteiger partial charge in [0.1, 0.15) is 11.5 Å². The van der Waals surface area contributed by atoms with Gasteiger partial charge in [-0.05, 0) is 65.8 Å². The summed E-state index contributed by atoms with van der Waals surface area (Å²) in [6.45, 7) is 4.32. The van der Waals surface area contributed by atoms with Crippen LogP contribution in [0.15, 0.2) is 59.7 Å². The Morgan fingerprint density at radius 1 is 0.760 bits per heavy atom. The molecular formula is C22H22O3. The van der Waals surface area contributed by atoms with Gasteiger partial charge in [0, 0.05) is 11.1 Å². The van der Waals surface area contributed by atoms with Gasteiger partial charge in [0.25, 0.3) is 0 Å². The van der Waals surface area contributed by atoms with E-state index in [1.54, 1.807) is 48.5 Å². The summed E-state index contributed by atoms with van der Waals surface area (Å²) in [5.74, 6) is 0.496. The predicted octanol–water partition coefficient (Wildman–Crippen LogP) is 4.95. The van der Waals surface area contributed by atoms with Gasteiger partial charge >= 0.3 is 0 Å². The molecule has 1 aliphatic carbocycles. The highest BCUT2D eigenvalue weighted by Crippen LogP contribution is 2.40. The van der Waals surface area contributed by atoms with E-state index in [0.29, 0.717) is 0 Å². The van der Waals surface area contributed by atoms with Crippen molar-refractivity contribution in [2.24, 2.45) is 5.41 Å². The van der Waals surface area contributed by atoms with E-state index in [1.807, 2.05) is 12.2 Å². The molecule has 0 bridgehead atoms. The smallest absolute Gasteiger partial charge is 0.185 e. The highest BCUT2D eigenvalue weighted by molar-refractivity contribution is 6.14. The molecule has 0 spiro atoms. The largest absolute Gasteiger partial charge is 0.508 e. The van der Waals surface area contributed by atoms with E-state index in [2.05, 4.69) is 13.8 Å². The summed E-state index contributed by atoms with van der Waals surface area (Å²) in [6, 6.07) is 13.7. The third kappa shape index (κ3) is 4.18. The topological polar surface area (TPSA) is 57.5 Å². The van der Waals surface area contributed by atoms with E-state index in [4.69, 9.17) is 0 Å². The minimum Gasteiger partial charge on any atom is -0.508 e. The average Bonchev–Trinajstić information content (AvgIpc) is 2.55. The molecule has 2 aromatic rings. The second-order valence-corrected chi connectivity index (χ2v) is 7.37. The number of aromatic hydroxyl groups is 2. The first-order valence-corrected chi connectivity index (χ1v) is 8.36. The molecular weight excluding hydrogens is 312 g/mol. The zero-order valence-corrected chi connectivity index (χ0v) is 14.5. The summed E-state index contributed by atoms with van der Waals surface area (Å²) in [7, 11) is 0. The maximum atomic E-state index is 12.9. The fourth-order valence-corrected chi connectivity index (χ4v) is 3.24. The monoisotopic (exact) mass is 334 g/mol. The summed E-state index contributed by atoms with van der Waals surface area (Å²) in [4.78, 5) is 12.9. The molecule has 0 atom stereocenters. The molecule has 0 amide bonds. The second-order valence-electron chi connectivity index (χ2n) is 7.37. The Morgan fingerprint density at radius 3 is 1.48 bits per heavy atom. The number of carbonyl (C=O) groups is 1. The van der Waals surface area contributed by atoms with Crippen LogP contribution in [0.1, 0.15) is 37.8 Å². The normalized spacial score (nSPS) is 20.2. The van der Waals surface area contributed by atoms with Crippen molar-refractivity contribution in [1.82, 2.24) is 0 Å². The van der Waals surface area contributed by atoms with Gasteiger partial charge in [0.05, 0.1) is 0 Å². The van der Waals surface area contributed by atoms with Crippen molar-refractivity contribution in [3.8, 4) is 11.5 Å². The zero-order valence-electron chi connectivity index (χ0n) is 14.5. The van der Waals surface area contributed by atoms with Crippen molar-refractivity contribution in [2.45, 2.75) is 26.7 Å². The first-order valence-electron chi connectivity index (χ1n) is 8.36. The quantitative estimate of drug-likeness (QED) is 0.764. The molecule has 2 aromatic carbocycles. The molecule has 1 fully saturated rings. The first-order chi connectivity index (χ1) is 11.8. The van der Waals surface area contributed by atoms with E-state index in [1.165, 1.54) is 0 Å². The number of hydrogen-bond acceptors (Lipinski definition) is 3. The molecule has 2 N–H and O–H groups in total. The second kappa shape index (κ2) is 6.60. The van der Waals surface area contributed by atoms with Crippen LogP contribution in [-0.2, 0) is 4.79 Å². The molecule has 3 rings (SSSR count). The van der Waals surface area contributed by atoms with E-state index >= 15 is 0 Å². The van der Waals surface area contributed by atoms with Crippen LogP contribution in [0.25, 0.3) is 12.2 Å². The number of phenols is 2. The molecule has 3 heteroatoms. The lowest BCUT2D eigenvalue weighted by Gasteiger charge is -2.32. The summed E-state index contributed by atoms with van der Waals surface area (Å²) in [5, 5.41) is 18.8. The van der Waals surface area contributed by atoms with Crippen molar-refractivity contribution in [1.29, 1.82) is 0 Å². The fourth-order valence-electron chi connectivity index (χ4n) is 3.24. The fraction of sp³-hybridized carbons (Fsp3) is 0.227. The third-order valence-electron chi connectivity index (χ3n) is 4.39. The van der Waals surface area contributed by atoms with E-state index < -0.39 is 0 Å². The number of phenolic OH excluding ortho intramolecular Hbond substituents is 2. The Balaban J connectivity index is 1.96. The van der Waals surface area contributed by atoms with Crippen molar-refractivity contribution in [3.05, 3.63) is 70.8 Å². The number of hydrogen-bond donors (Lipinski definition) is 2. The number of Topliss-reactive ketones (excluding diaryl/α,β-unsaturated/α-hetero) is 1. The average molecular weight is 334 g/mol. The minimum absolute atomic E-state index is 0.000580.